The molecule has 33 heavy (non-hydrogen) atoms. The number of amides is 2. The van der Waals surface area contributed by atoms with Crippen molar-refractivity contribution in [1.29, 1.82) is 0 Å². The number of carbonyl (C=O) groups excluding carboxylic acids is 2. The van der Waals surface area contributed by atoms with Crippen LogP contribution in [0.25, 0.3) is 0 Å². The second-order valence-corrected chi connectivity index (χ2v) is 9.14. The van der Waals surface area contributed by atoms with Crippen molar-refractivity contribution in [3.63, 3.8) is 0 Å². The standard InChI is InChI=1S/C23H24N4O5S/c1-16(2)17-8-10-18(11-9-17)26-22(28)23(29)27-24-14-19-12-13-20(32-19)15-25-33(30,31)21-6-4-3-5-7-21/h3-14,16,25H,15H2,1-2H3,(H,26,28)(H,27,29)/b24-14+. The minimum Gasteiger partial charge on any atom is -0.459 e. The van der Waals surface area contributed by atoms with E-state index in [1.54, 1.807) is 42.5 Å². The number of furan rings is 1. The third-order valence-corrected chi connectivity index (χ3v) is 5.99. The zero-order valence-electron chi connectivity index (χ0n) is 18.1. The summed E-state index contributed by atoms with van der Waals surface area (Å²) in [5.41, 5.74) is 3.73. The van der Waals surface area contributed by atoms with Gasteiger partial charge in [-0.3, -0.25) is 9.59 Å². The van der Waals surface area contributed by atoms with Gasteiger partial charge in [0.15, 0.2) is 0 Å². The maximum atomic E-state index is 12.2. The second kappa shape index (κ2) is 10.7. The van der Waals surface area contributed by atoms with Gasteiger partial charge in [0.05, 0.1) is 17.7 Å². The van der Waals surface area contributed by atoms with E-state index in [1.165, 1.54) is 18.3 Å². The van der Waals surface area contributed by atoms with Gasteiger partial charge in [-0.1, -0.05) is 44.2 Å². The molecule has 0 aliphatic rings. The van der Waals surface area contributed by atoms with E-state index in [-0.39, 0.29) is 17.2 Å². The van der Waals surface area contributed by atoms with Crippen LogP contribution in [0.15, 0.2) is 81.1 Å². The van der Waals surface area contributed by atoms with Crippen LogP contribution >= 0.6 is 0 Å². The van der Waals surface area contributed by atoms with E-state index < -0.39 is 21.8 Å². The van der Waals surface area contributed by atoms with Crippen molar-refractivity contribution in [2.75, 3.05) is 5.32 Å². The summed E-state index contributed by atoms with van der Waals surface area (Å²) in [6.45, 7) is 4.06. The molecule has 0 unspecified atom stereocenters. The Morgan fingerprint density at radius 1 is 0.970 bits per heavy atom. The van der Waals surface area contributed by atoms with Crippen molar-refractivity contribution in [1.82, 2.24) is 10.1 Å². The second-order valence-electron chi connectivity index (χ2n) is 7.37. The fourth-order valence-electron chi connectivity index (χ4n) is 2.75. The molecule has 0 radical (unpaired) electrons. The molecule has 10 heteroatoms. The fourth-order valence-corrected chi connectivity index (χ4v) is 3.77. The molecule has 172 valence electrons. The number of hydrogen-bond donors (Lipinski definition) is 3. The highest BCUT2D eigenvalue weighted by Gasteiger charge is 2.15. The summed E-state index contributed by atoms with van der Waals surface area (Å²) in [6, 6.07) is 18.3. The summed E-state index contributed by atoms with van der Waals surface area (Å²) in [5.74, 6) is -0.821. The number of nitrogens with one attached hydrogen (secondary N) is 3. The summed E-state index contributed by atoms with van der Waals surface area (Å²) >= 11 is 0. The lowest BCUT2D eigenvalue weighted by Gasteiger charge is -2.07. The number of nitrogens with zero attached hydrogens (tertiary/aromatic N) is 1. The lowest BCUT2D eigenvalue weighted by atomic mass is 10.0. The maximum Gasteiger partial charge on any atom is 0.329 e. The molecule has 3 N–H and O–H groups in total. The zero-order chi connectivity index (χ0) is 23.8. The van der Waals surface area contributed by atoms with Gasteiger partial charge < -0.3 is 9.73 Å². The minimum absolute atomic E-state index is 0.0601. The van der Waals surface area contributed by atoms with Crippen molar-refractivity contribution in [2.45, 2.75) is 31.2 Å². The Hall–Kier alpha value is -3.76. The van der Waals surface area contributed by atoms with Gasteiger partial charge >= 0.3 is 11.8 Å². The van der Waals surface area contributed by atoms with E-state index in [2.05, 4.69) is 34.4 Å². The molecule has 0 aliphatic carbocycles. The van der Waals surface area contributed by atoms with Gasteiger partial charge in [-0.05, 0) is 47.9 Å². The van der Waals surface area contributed by atoms with Crippen LogP contribution in [-0.2, 0) is 26.2 Å². The Bertz CT molecular complexity index is 1230. The van der Waals surface area contributed by atoms with Gasteiger partial charge in [-0.25, -0.2) is 18.6 Å². The maximum absolute atomic E-state index is 12.2. The molecule has 9 nitrogen and oxygen atoms in total. The van der Waals surface area contributed by atoms with Gasteiger partial charge in [0.2, 0.25) is 10.0 Å². The lowest BCUT2D eigenvalue weighted by Crippen LogP contribution is -2.32. The van der Waals surface area contributed by atoms with Crippen LogP contribution in [-0.4, -0.2) is 26.4 Å². The average molecular weight is 469 g/mol. The first kappa shape index (κ1) is 23.9. The first-order valence-corrected chi connectivity index (χ1v) is 11.6. The van der Waals surface area contributed by atoms with E-state index in [0.717, 1.165) is 5.56 Å². The molecule has 1 heterocycles. The number of sulfonamides is 1. The van der Waals surface area contributed by atoms with E-state index >= 15 is 0 Å². The summed E-state index contributed by atoms with van der Waals surface area (Å²) < 4.78 is 32.4. The third-order valence-electron chi connectivity index (χ3n) is 4.57. The van der Waals surface area contributed by atoms with Crippen molar-refractivity contribution in [2.24, 2.45) is 5.10 Å². The Balaban J connectivity index is 1.48. The number of anilines is 1. The summed E-state index contributed by atoms with van der Waals surface area (Å²) in [4.78, 5) is 24.1. The van der Waals surface area contributed by atoms with Crippen LogP contribution in [0, 0.1) is 0 Å². The molecule has 1 aromatic heterocycles. The Morgan fingerprint density at radius 3 is 2.33 bits per heavy atom. The monoisotopic (exact) mass is 468 g/mol. The molecule has 3 rings (SSSR count). The summed E-state index contributed by atoms with van der Waals surface area (Å²) in [5, 5.41) is 6.19. The number of hydrogen-bond acceptors (Lipinski definition) is 6. The highest BCUT2D eigenvalue weighted by molar-refractivity contribution is 7.89. The Morgan fingerprint density at radius 2 is 1.67 bits per heavy atom. The molecule has 2 amide bonds. The van der Waals surface area contributed by atoms with Crippen LogP contribution in [0.2, 0.25) is 0 Å². The van der Waals surface area contributed by atoms with Crippen LogP contribution in [0.4, 0.5) is 5.69 Å². The number of rotatable bonds is 8. The predicted octanol–water partition coefficient (Wildman–Crippen LogP) is 2.97. The molecular weight excluding hydrogens is 444 g/mol. The number of benzene rings is 2. The summed E-state index contributed by atoms with van der Waals surface area (Å²) in [6.07, 6.45) is 1.21. The Labute approximate surface area is 191 Å². The molecule has 0 saturated heterocycles. The molecular formula is C23H24N4O5S. The van der Waals surface area contributed by atoms with Gasteiger partial charge in [-0.15, -0.1) is 0 Å². The molecule has 0 fully saturated rings. The van der Waals surface area contributed by atoms with Gasteiger partial charge in [0.25, 0.3) is 0 Å². The van der Waals surface area contributed by atoms with E-state index in [0.29, 0.717) is 17.4 Å². The van der Waals surface area contributed by atoms with Crippen LogP contribution in [0.5, 0.6) is 0 Å². The molecule has 0 aliphatic heterocycles. The largest absolute Gasteiger partial charge is 0.459 e. The van der Waals surface area contributed by atoms with Crippen LogP contribution in [0.1, 0.15) is 36.8 Å². The quantitative estimate of drug-likeness (QED) is 0.266. The van der Waals surface area contributed by atoms with Gasteiger partial charge in [0.1, 0.15) is 11.5 Å². The van der Waals surface area contributed by atoms with Crippen molar-refractivity contribution in [3.8, 4) is 0 Å². The molecule has 0 atom stereocenters. The minimum atomic E-state index is -3.66. The van der Waals surface area contributed by atoms with Crippen LogP contribution in [0.3, 0.4) is 0 Å². The average Bonchev–Trinajstić information content (AvgIpc) is 3.26. The van der Waals surface area contributed by atoms with E-state index in [1.807, 2.05) is 12.1 Å². The van der Waals surface area contributed by atoms with E-state index in [4.69, 9.17) is 4.42 Å². The van der Waals surface area contributed by atoms with Gasteiger partial charge in [-0.2, -0.15) is 5.10 Å². The first-order chi connectivity index (χ1) is 15.7. The van der Waals surface area contributed by atoms with Crippen molar-refractivity contribution < 1.29 is 22.4 Å². The predicted molar refractivity (Wildman–Crippen MR) is 124 cm³/mol. The molecule has 2 aromatic carbocycles. The number of carbonyl (C=O) groups is 2. The summed E-state index contributed by atoms with van der Waals surface area (Å²) in [7, 11) is -3.66. The molecule has 3 aromatic rings. The first-order valence-electron chi connectivity index (χ1n) is 10.1. The topological polar surface area (TPSA) is 130 Å². The molecule has 0 saturated carbocycles. The fraction of sp³-hybridized carbons (Fsp3) is 0.174. The Kier molecular flexibility index (Phi) is 7.75. The van der Waals surface area contributed by atoms with Gasteiger partial charge in [0, 0.05) is 5.69 Å². The van der Waals surface area contributed by atoms with Crippen LogP contribution < -0.4 is 15.5 Å². The normalized spacial score (nSPS) is 11.6. The smallest absolute Gasteiger partial charge is 0.329 e. The van der Waals surface area contributed by atoms with Crippen molar-refractivity contribution >= 4 is 33.7 Å². The number of hydrazone groups is 1. The highest BCUT2D eigenvalue weighted by Crippen LogP contribution is 2.17. The van der Waals surface area contributed by atoms with Crippen molar-refractivity contribution in [3.05, 3.63) is 83.8 Å². The third kappa shape index (κ3) is 6.86. The zero-order valence-corrected chi connectivity index (χ0v) is 18.9. The van der Waals surface area contributed by atoms with E-state index in [9.17, 15) is 18.0 Å². The SMILES string of the molecule is CC(C)c1ccc(NC(=O)C(=O)N/N=C/c2ccc(CNS(=O)(=O)c3ccccc3)o2)cc1. The lowest BCUT2D eigenvalue weighted by molar-refractivity contribution is -0.136. The molecule has 0 bridgehead atoms. The molecule has 0 spiro atoms. The highest BCUT2D eigenvalue weighted by atomic mass is 32.2.